The van der Waals surface area contributed by atoms with Gasteiger partial charge in [-0.1, -0.05) is 6.07 Å². The molecule has 0 saturated carbocycles. The molecule has 0 aromatic heterocycles. The van der Waals surface area contributed by atoms with Crippen LogP contribution in [0.1, 0.15) is 46.7 Å². The number of likely N-dealkylation sites (tertiary alicyclic amines) is 1. The van der Waals surface area contributed by atoms with Crippen molar-refractivity contribution in [1.82, 2.24) is 9.80 Å². The Balaban J connectivity index is 1.89. The predicted molar refractivity (Wildman–Crippen MR) is 111 cm³/mol. The van der Waals surface area contributed by atoms with Gasteiger partial charge in [-0.2, -0.15) is 26.3 Å². The number of hydrogen-bond donors (Lipinski definition) is 1. The maximum atomic E-state index is 13.6. The molecule has 3 rings (SSSR count). The number of benzene rings is 2. The maximum Gasteiger partial charge on any atom is 0.416 e. The van der Waals surface area contributed by atoms with Gasteiger partial charge in [-0.05, 0) is 66.8 Å². The van der Waals surface area contributed by atoms with Gasteiger partial charge in [0.2, 0.25) is 0 Å². The van der Waals surface area contributed by atoms with Crippen LogP contribution in [-0.4, -0.2) is 35.5 Å². The van der Waals surface area contributed by atoms with E-state index in [2.05, 4.69) is 0 Å². The van der Waals surface area contributed by atoms with E-state index in [-0.39, 0.29) is 24.2 Å². The lowest BCUT2D eigenvalue weighted by Crippen LogP contribution is -2.49. The Kier molecular flexibility index (Phi) is 7.16. The van der Waals surface area contributed by atoms with Gasteiger partial charge in [0.15, 0.2) is 0 Å². The van der Waals surface area contributed by atoms with E-state index in [0.29, 0.717) is 36.1 Å². The molecule has 11 heteroatoms. The molecule has 0 aliphatic carbocycles. The molecular formula is C23H24F7N3O. The quantitative estimate of drug-likeness (QED) is 0.545. The number of nitrogens with two attached hydrogens (primary N) is 1. The minimum absolute atomic E-state index is 0.0463. The molecule has 2 atom stereocenters. The third-order valence-corrected chi connectivity index (χ3v) is 5.87. The number of alkyl halides is 6. The molecular weight excluding hydrogens is 467 g/mol. The highest BCUT2D eigenvalue weighted by Crippen LogP contribution is 2.37. The van der Waals surface area contributed by atoms with E-state index >= 15 is 0 Å². The summed E-state index contributed by atoms with van der Waals surface area (Å²) >= 11 is 0. The lowest BCUT2D eigenvalue weighted by atomic mass is 9.90. The van der Waals surface area contributed by atoms with E-state index < -0.39 is 47.9 Å². The minimum atomic E-state index is -4.98. The summed E-state index contributed by atoms with van der Waals surface area (Å²) < 4.78 is 92.6. The number of urea groups is 1. The number of hydrogen-bond acceptors (Lipinski definition) is 2. The van der Waals surface area contributed by atoms with E-state index in [1.54, 1.807) is 13.0 Å². The molecule has 186 valence electrons. The SMILES string of the molecule is Cc1cc(F)ccc1C1CC(N)CCN1C(=O)N(C)Cc1cc(C(F)(F)F)cc(C(F)(F)F)c1. The minimum Gasteiger partial charge on any atom is -0.328 e. The summed E-state index contributed by atoms with van der Waals surface area (Å²) in [5, 5.41) is 0. The monoisotopic (exact) mass is 491 g/mol. The molecule has 2 N–H and O–H groups in total. The first-order valence-corrected chi connectivity index (χ1v) is 10.5. The molecule has 2 unspecified atom stereocenters. The zero-order valence-corrected chi connectivity index (χ0v) is 18.5. The molecule has 34 heavy (non-hydrogen) atoms. The molecule has 0 spiro atoms. The number of carbonyl (C=O) groups excluding carboxylic acids is 1. The third kappa shape index (κ3) is 5.81. The molecule has 1 fully saturated rings. The van der Waals surface area contributed by atoms with E-state index in [9.17, 15) is 35.5 Å². The Bertz CT molecular complexity index is 1020. The summed E-state index contributed by atoms with van der Waals surface area (Å²) in [7, 11) is 1.30. The number of amides is 2. The van der Waals surface area contributed by atoms with Crippen LogP contribution in [0.5, 0.6) is 0 Å². The fourth-order valence-electron chi connectivity index (χ4n) is 4.20. The first kappa shape index (κ1) is 25.8. The summed E-state index contributed by atoms with van der Waals surface area (Å²) in [5.41, 5.74) is 4.17. The van der Waals surface area contributed by atoms with Gasteiger partial charge in [0.1, 0.15) is 5.82 Å². The van der Waals surface area contributed by atoms with E-state index in [1.165, 1.54) is 24.1 Å². The number of aryl methyl sites for hydroxylation is 1. The van der Waals surface area contributed by atoms with Crippen molar-refractivity contribution >= 4 is 6.03 Å². The van der Waals surface area contributed by atoms with Gasteiger partial charge >= 0.3 is 18.4 Å². The lowest BCUT2D eigenvalue weighted by molar-refractivity contribution is -0.143. The standard InChI is InChI=1S/C23H24F7N3O/c1-13-7-17(24)3-4-19(13)20-11-18(31)5-6-33(20)21(34)32(2)12-14-8-15(22(25,26)27)10-16(9-14)23(28,29)30/h3-4,7-10,18,20H,5-6,11-12,31H2,1-2H3. The normalized spacial score (nSPS) is 19.3. The first-order chi connectivity index (χ1) is 15.7. The van der Waals surface area contributed by atoms with Crippen molar-refractivity contribution in [2.24, 2.45) is 5.73 Å². The van der Waals surface area contributed by atoms with Crippen molar-refractivity contribution in [1.29, 1.82) is 0 Å². The average Bonchev–Trinajstić information content (AvgIpc) is 2.71. The first-order valence-electron chi connectivity index (χ1n) is 10.5. The van der Waals surface area contributed by atoms with Crippen LogP contribution in [0.4, 0.5) is 35.5 Å². The highest BCUT2D eigenvalue weighted by atomic mass is 19.4. The Morgan fingerprint density at radius 3 is 2.18 bits per heavy atom. The molecule has 1 aliphatic heterocycles. The summed E-state index contributed by atoms with van der Waals surface area (Å²) in [6.07, 6.45) is -9.11. The number of halogens is 7. The molecule has 1 heterocycles. The number of rotatable bonds is 3. The van der Waals surface area contributed by atoms with Gasteiger partial charge in [0.05, 0.1) is 17.2 Å². The highest BCUT2D eigenvalue weighted by molar-refractivity contribution is 5.75. The van der Waals surface area contributed by atoms with Gasteiger partial charge in [-0.15, -0.1) is 0 Å². The van der Waals surface area contributed by atoms with E-state index in [1.807, 2.05) is 0 Å². The van der Waals surface area contributed by atoms with Crippen LogP contribution in [0.2, 0.25) is 0 Å². The van der Waals surface area contributed by atoms with Gasteiger partial charge in [-0.3, -0.25) is 0 Å². The summed E-state index contributed by atoms with van der Waals surface area (Å²) in [6, 6.07) is 4.08. The Hall–Kier alpha value is -2.82. The second-order valence-corrected chi connectivity index (χ2v) is 8.55. The number of nitrogens with zero attached hydrogens (tertiary/aromatic N) is 2. The van der Waals surface area contributed by atoms with Crippen molar-refractivity contribution in [2.75, 3.05) is 13.6 Å². The number of carbonyl (C=O) groups is 1. The van der Waals surface area contributed by atoms with Crippen LogP contribution in [0, 0.1) is 12.7 Å². The molecule has 0 radical (unpaired) electrons. The molecule has 1 saturated heterocycles. The van der Waals surface area contributed by atoms with Gasteiger partial charge < -0.3 is 15.5 Å². The van der Waals surface area contributed by atoms with Crippen LogP contribution < -0.4 is 5.73 Å². The Morgan fingerprint density at radius 1 is 1.06 bits per heavy atom. The molecule has 1 aliphatic rings. The van der Waals surface area contributed by atoms with Crippen LogP contribution in [-0.2, 0) is 18.9 Å². The third-order valence-electron chi connectivity index (χ3n) is 5.87. The largest absolute Gasteiger partial charge is 0.416 e. The fourth-order valence-corrected chi connectivity index (χ4v) is 4.20. The summed E-state index contributed by atoms with van der Waals surface area (Å²) in [6.45, 7) is 1.46. The molecule has 4 nitrogen and oxygen atoms in total. The average molecular weight is 491 g/mol. The van der Waals surface area contributed by atoms with Crippen LogP contribution in [0.3, 0.4) is 0 Å². The van der Waals surface area contributed by atoms with Gasteiger partial charge in [0, 0.05) is 26.2 Å². The van der Waals surface area contributed by atoms with Gasteiger partial charge in [-0.25, -0.2) is 9.18 Å². The highest BCUT2D eigenvalue weighted by Gasteiger charge is 2.38. The Labute approximate surface area is 192 Å². The van der Waals surface area contributed by atoms with Crippen LogP contribution in [0.25, 0.3) is 0 Å². The van der Waals surface area contributed by atoms with Crippen molar-refractivity contribution in [2.45, 2.75) is 50.7 Å². The lowest BCUT2D eigenvalue weighted by Gasteiger charge is -2.41. The van der Waals surface area contributed by atoms with E-state index in [0.717, 1.165) is 4.90 Å². The summed E-state index contributed by atoms with van der Waals surface area (Å²) in [5.74, 6) is -0.443. The summed E-state index contributed by atoms with van der Waals surface area (Å²) in [4.78, 5) is 15.8. The molecule has 2 aromatic rings. The zero-order chi connectivity index (χ0) is 25.4. The second-order valence-electron chi connectivity index (χ2n) is 8.55. The smallest absolute Gasteiger partial charge is 0.328 e. The second kappa shape index (κ2) is 9.44. The predicted octanol–water partition coefficient (Wildman–Crippen LogP) is 5.89. The molecule has 0 bridgehead atoms. The maximum absolute atomic E-state index is 13.6. The van der Waals surface area contributed by atoms with E-state index in [4.69, 9.17) is 5.73 Å². The van der Waals surface area contributed by atoms with Crippen LogP contribution in [0.15, 0.2) is 36.4 Å². The number of piperidine rings is 1. The zero-order valence-electron chi connectivity index (χ0n) is 18.5. The van der Waals surface area contributed by atoms with Crippen LogP contribution >= 0.6 is 0 Å². The van der Waals surface area contributed by atoms with Crippen molar-refractivity contribution in [3.05, 3.63) is 70.0 Å². The molecule has 2 aromatic carbocycles. The fraction of sp³-hybridized carbons (Fsp3) is 0.435. The Morgan fingerprint density at radius 2 is 1.65 bits per heavy atom. The van der Waals surface area contributed by atoms with Crippen molar-refractivity contribution in [3.8, 4) is 0 Å². The topological polar surface area (TPSA) is 49.6 Å². The van der Waals surface area contributed by atoms with Gasteiger partial charge in [0.25, 0.3) is 0 Å². The van der Waals surface area contributed by atoms with Crippen molar-refractivity contribution in [3.63, 3.8) is 0 Å². The molecule has 2 amide bonds. The van der Waals surface area contributed by atoms with Crippen molar-refractivity contribution < 1.29 is 35.5 Å².